The minimum atomic E-state index is -4.45. The van der Waals surface area contributed by atoms with Gasteiger partial charge in [0.05, 0.1) is 12.0 Å². The van der Waals surface area contributed by atoms with Crippen molar-refractivity contribution in [2.75, 3.05) is 0 Å². The highest BCUT2D eigenvalue weighted by molar-refractivity contribution is 5.69. The maximum Gasteiger partial charge on any atom is 0.416 e. The standard InChI is InChI=1S/C21H14F4N4O4/c22-15-7-3-13(4-8-15)19-26-16(32-28-19)9-10-18(30)31-11-17-27-20(29-33-17)12-1-5-14(6-2-12)21(23,24)25/h1-8H,9-11H2. The first kappa shape index (κ1) is 22.1. The summed E-state index contributed by atoms with van der Waals surface area (Å²) in [7, 11) is 0. The van der Waals surface area contributed by atoms with Crippen LogP contribution in [0.25, 0.3) is 22.8 Å². The Kier molecular flexibility index (Phi) is 6.16. The zero-order valence-electron chi connectivity index (χ0n) is 16.7. The van der Waals surface area contributed by atoms with E-state index in [1.54, 1.807) is 0 Å². The Labute approximate surface area is 183 Å². The molecule has 0 bridgehead atoms. The number of ether oxygens (including phenoxy) is 1. The summed E-state index contributed by atoms with van der Waals surface area (Å²) in [6.07, 6.45) is -4.39. The number of aromatic nitrogens is 4. The Balaban J connectivity index is 1.27. The second-order valence-corrected chi connectivity index (χ2v) is 6.77. The number of esters is 1. The smallest absolute Gasteiger partial charge is 0.416 e. The molecule has 0 aliphatic heterocycles. The van der Waals surface area contributed by atoms with Gasteiger partial charge in [-0.05, 0) is 36.4 Å². The molecule has 8 nitrogen and oxygen atoms in total. The minimum Gasteiger partial charge on any atom is -0.456 e. The molecule has 0 saturated carbocycles. The molecule has 0 saturated heterocycles. The summed E-state index contributed by atoms with van der Waals surface area (Å²) in [5.41, 5.74) is 0.0850. The summed E-state index contributed by atoms with van der Waals surface area (Å²) < 4.78 is 66.0. The van der Waals surface area contributed by atoms with E-state index in [0.717, 1.165) is 12.1 Å². The van der Waals surface area contributed by atoms with E-state index in [0.29, 0.717) is 11.1 Å². The van der Waals surface area contributed by atoms with E-state index in [2.05, 4.69) is 20.3 Å². The monoisotopic (exact) mass is 462 g/mol. The predicted molar refractivity (Wildman–Crippen MR) is 103 cm³/mol. The third kappa shape index (κ3) is 5.59. The molecule has 0 spiro atoms. The maximum absolute atomic E-state index is 13.0. The lowest BCUT2D eigenvalue weighted by molar-refractivity contribution is -0.145. The predicted octanol–water partition coefficient (Wildman–Crippen LogP) is 4.62. The van der Waals surface area contributed by atoms with Crippen LogP contribution in [0.4, 0.5) is 17.6 Å². The zero-order valence-corrected chi connectivity index (χ0v) is 16.7. The Hall–Kier alpha value is -4.09. The van der Waals surface area contributed by atoms with E-state index in [1.807, 2.05) is 0 Å². The van der Waals surface area contributed by atoms with Gasteiger partial charge in [-0.1, -0.05) is 22.4 Å². The van der Waals surface area contributed by atoms with Gasteiger partial charge in [0.2, 0.25) is 17.5 Å². The van der Waals surface area contributed by atoms with Crippen LogP contribution in [-0.4, -0.2) is 26.3 Å². The van der Waals surface area contributed by atoms with Crippen molar-refractivity contribution < 1.29 is 36.1 Å². The van der Waals surface area contributed by atoms with Crippen molar-refractivity contribution in [1.82, 2.24) is 20.3 Å². The summed E-state index contributed by atoms with van der Waals surface area (Å²) in [4.78, 5) is 20.1. The Morgan fingerprint density at radius 1 is 0.848 bits per heavy atom. The van der Waals surface area contributed by atoms with Gasteiger partial charge in [-0.2, -0.15) is 23.1 Å². The number of halogens is 4. The van der Waals surface area contributed by atoms with Gasteiger partial charge in [0, 0.05) is 17.5 Å². The average Bonchev–Trinajstić information content (AvgIpc) is 3.46. The maximum atomic E-state index is 13.0. The first-order valence-electron chi connectivity index (χ1n) is 9.52. The molecule has 33 heavy (non-hydrogen) atoms. The lowest BCUT2D eigenvalue weighted by Gasteiger charge is -2.05. The van der Waals surface area contributed by atoms with Crippen molar-refractivity contribution in [1.29, 1.82) is 0 Å². The van der Waals surface area contributed by atoms with E-state index in [9.17, 15) is 22.4 Å². The van der Waals surface area contributed by atoms with Gasteiger partial charge in [0.1, 0.15) is 5.82 Å². The van der Waals surface area contributed by atoms with Crippen LogP contribution < -0.4 is 0 Å². The Bertz CT molecular complexity index is 1230. The third-order valence-electron chi connectivity index (χ3n) is 4.41. The molecular weight excluding hydrogens is 448 g/mol. The first-order chi connectivity index (χ1) is 15.8. The summed E-state index contributed by atoms with van der Waals surface area (Å²) in [6.45, 7) is -0.308. The fraction of sp³-hybridized carbons (Fsp3) is 0.190. The molecular formula is C21H14F4N4O4. The molecule has 0 amide bonds. The van der Waals surface area contributed by atoms with Gasteiger partial charge >= 0.3 is 12.1 Å². The van der Waals surface area contributed by atoms with E-state index < -0.39 is 23.5 Å². The second kappa shape index (κ2) is 9.18. The first-order valence-corrected chi connectivity index (χ1v) is 9.52. The number of carbonyl (C=O) groups excluding carboxylic acids is 1. The van der Waals surface area contributed by atoms with Gasteiger partial charge in [-0.25, -0.2) is 4.39 Å². The van der Waals surface area contributed by atoms with Crippen molar-refractivity contribution in [2.45, 2.75) is 25.6 Å². The van der Waals surface area contributed by atoms with Crippen molar-refractivity contribution in [3.63, 3.8) is 0 Å². The molecule has 170 valence electrons. The number of nitrogens with zero attached hydrogens (tertiary/aromatic N) is 4. The fourth-order valence-corrected chi connectivity index (χ4v) is 2.74. The number of rotatable bonds is 7. The highest BCUT2D eigenvalue weighted by atomic mass is 19.4. The van der Waals surface area contributed by atoms with Crippen LogP contribution in [0.15, 0.2) is 57.6 Å². The SMILES string of the molecule is O=C(CCc1nc(-c2ccc(F)cc2)no1)OCc1nc(-c2ccc(C(F)(F)F)cc2)no1. The normalized spacial score (nSPS) is 11.5. The third-order valence-corrected chi connectivity index (χ3v) is 4.41. The summed E-state index contributed by atoms with van der Waals surface area (Å²) in [6, 6.07) is 9.78. The number of hydrogen-bond donors (Lipinski definition) is 0. The second-order valence-electron chi connectivity index (χ2n) is 6.77. The number of carbonyl (C=O) groups is 1. The topological polar surface area (TPSA) is 104 Å². The summed E-state index contributed by atoms with van der Waals surface area (Å²) in [5, 5.41) is 7.45. The largest absolute Gasteiger partial charge is 0.456 e. The lowest BCUT2D eigenvalue weighted by atomic mass is 10.1. The molecule has 0 radical (unpaired) electrons. The summed E-state index contributed by atoms with van der Waals surface area (Å²) >= 11 is 0. The van der Waals surface area contributed by atoms with Gasteiger partial charge in [0.25, 0.3) is 5.89 Å². The molecule has 2 heterocycles. The minimum absolute atomic E-state index is 0.0189. The van der Waals surface area contributed by atoms with Crippen molar-refractivity contribution in [2.24, 2.45) is 0 Å². The molecule has 12 heteroatoms. The molecule has 0 atom stereocenters. The van der Waals surface area contributed by atoms with Crippen LogP contribution in [0.3, 0.4) is 0 Å². The zero-order chi connectivity index (χ0) is 23.4. The van der Waals surface area contributed by atoms with Crippen LogP contribution in [0.5, 0.6) is 0 Å². The van der Waals surface area contributed by atoms with Gasteiger partial charge in [-0.3, -0.25) is 4.79 Å². The van der Waals surface area contributed by atoms with Gasteiger partial charge < -0.3 is 13.8 Å². The number of aryl methyl sites for hydroxylation is 1. The van der Waals surface area contributed by atoms with E-state index in [-0.39, 0.29) is 42.9 Å². The van der Waals surface area contributed by atoms with E-state index in [4.69, 9.17) is 13.8 Å². The summed E-state index contributed by atoms with van der Waals surface area (Å²) in [5.74, 6) is -0.471. The lowest BCUT2D eigenvalue weighted by Crippen LogP contribution is -2.06. The highest BCUT2D eigenvalue weighted by Gasteiger charge is 2.30. The van der Waals surface area contributed by atoms with Crippen molar-refractivity contribution >= 4 is 5.97 Å². The van der Waals surface area contributed by atoms with Crippen LogP contribution >= 0.6 is 0 Å². The molecule has 0 fully saturated rings. The molecule has 0 aliphatic rings. The molecule has 2 aromatic heterocycles. The Morgan fingerprint density at radius 2 is 1.39 bits per heavy atom. The average molecular weight is 462 g/mol. The molecule has 4 rings (SSSR count). The Morgan fingerprint density at radius 3 is 2.00 bits per heavy atom. The van der Waals surface area contributed by atoms with Crippen molar-refractivity contribution in [3.8, 4) is 22.8 Å². The van der Waals surface area contributed by atoms with E-state index >= 15 is 0 Å². The van der Waals surface area contributed by atoms with Crippen LogP contribution in [-0.2, 0) is 28.7 Å². The van der Waals surface area contributed by atoms with Crippen LogP contribution in [0.2, 0.25) is 0 Å². The fourth-order valence-electron chi connectivity index (χ4n) is 2.74. The molecule has 0 N–H and O–H groups in total. The van der Waals surface area contributed by atoms with Crippen LogP contribution in [0.1, 0.15) is 23.8 Å². The highest BCUT2D eigenvalue weighted by Crippen LogP contribution is 2.30. The van der Waals surface area contributed by atoms with Crippen LogP contribution in [0, 0.1) is 5.82 Å². The molecule has 2 aromatic carbocycles. The number of alkyl halides is 3. The van der Waals surface area contributed by atoms with E-state index in [1.165, 1.54) is 36.4 Å². The van der Waals surface area contributed by atoms with Crippen molar-refractivity contribution in [3.05, 3.63) is 71.7 Å². The number of benzene rings is 2. The molecule has 0 unspecified atom stereocenters. The molecule has 0 aliphatic carbocycles. The number of hydrogen-bond acceptors (Lipinski definition) is 8. The van der Waals surface area contributed by atoms with Gasteiger partial charge in [0.15, 0.2) is 6.61 Å². The quantitative estimate of drug-likeness (QED) is 0.290. The molecule has 4 aromatic rings. The van der Waals surface area contributed by atoms with Gasteiger partial charge in [-0.15, -0.1) is 0 Å².